The maximum absolute atomic E-state index is 12.5. The highest BCUT2D eigenvalue weighted by Crippen LogP contribution is 2.28. The van der Waals surface area contributed by atoms with E-state index in [4.69, 9.17) is 0 Å². The zero-order valence-electron chi connectivity index (χ0n) is 11.1. The molecule has 20 heavy (non-hydrogen) atoms. The minimum Gasteiger partial charge on any atom is -0.337 e. The number of likely N-dealkylation sites (tertiary alicyclic amines) is 1. The summed E-state index contributed by atoms with van der Waals surface area (Å²) in [6.07, 6.45) is 2.26. The first-order valence-electron chi connectivity index (χ1n) is 6.93. The number of benzene rings is 1. The molecule has 2 heterocycles. The number of amides is 1. The average Bonchev–Trinajstić information content (AvgIpc) is 2.90. The predicted octanol–water partition coefficient (Wildman–Crippen LogP) is 1.42. The number of hydrogen-bond acceptors (Lipinski definition) is 4. The van der Waals surface area contributed by atoms with E-state index in [1.807, 2.05) is 0 Å². The number of rotatable bonds is 2. The lowest BCUT2D eigenvalue weighted by Gasteiger charge is -2.24. The van der Waals surface area contributed by atoms with Crippen LogP contribution in [0.25, 0.3) is 0 Å². The van der Waals surface area contributed by atoms with E-state index in [0.717, 1.165) is 19.4 Å². The fraction of sp³-hybridized carbons (Fsp3) is 0.500. The van der Waals surface area contributed by atoms with Gasteiger partial charge in [0.1, 0.15) is 5.56 Å². The molecule has 0 saturated carbocycles. The molecule has 0 aromatic heterocycles. The minimum atomic E-state index is -0.491. The molecule has 2 aliphatic heterocycles. The fourth-order valence-electron chi connectivity index (χ4n) is 3.20. The summed E-state index contributed by atoms with van der Waals surface area (Å²) >= 11 is 0. The van der Waals surface area contributed by atoms with Crippen molar-refractivity contribution >= 4 is 11.6 Å². The van der Waals surface area contributed by atoms with Gasteiger partial charge in [-0.1, -0.05) is 12.1 Å². The zero-order valence-corrected chi connectivity index (χ0v) is 11.1. The lowest BCUT2D eigenvalue weighted by molar-refractivity contribution is -0.385. The third-order valence-electron chi connectivity index (χ3n) is 4.22. The number of nitro groups is 1. The van der Waals surface area contributed by atoms with E-state index < -0.39 is 4.92 Å². The van der Waals surface area contributed by atoms with Gasteiger partial charge in [-0.3, -0.25) is 14.9 Å². The molecule has 2 aliphatic rings. The van der Waals surface area contributed by atoms with Crippen LogP contribution in [-0.4, -0.2) is 41.4 Å². The number of hydrogen-bond donors (Lipinski definition) is 1. The molecule has 3 rings (SSSR count). The van der Waals surface area contributed by atoms with Crippen molar-refractivity contribution in [1.29, 1.82) is 0 Å². The van der Waals surface area contributed by atoms with E-state index in [-0.39, 0.29) is 17.2 Å². The Hall–Kier alpha value is -1.95. The number of piperidine rings is 1. The van der Waals surface area contributed by atoms with Crippen LogP contribution in [0, 0.1) is 16.0 Å². The van der Waals surface area contributed by atoms with Gasteiger partial charge in [-0.2, -0.15) is 0 Å². The van der Waals surface area contributed by atoms with Crippen LogP contribution in [0.15, 0.2) is 24.3 Å². The molecule has 0 bridgehead atoms. The van der Waals surface area contributed by atoms with E-state index >= 15 is 0 Å². The molecule has 2 atom stereocenters. The van der Waals surface area contributed by atoms with Crippen LogP contribution in [0.5, 0.6) is 0 Å². The lowest BCUT2D eigenvalue weighted by atomic mass is 9.94. The van der Waals surface area contributed by atoms with E-state index in [1.54, 1.807) is 17.0 Å². The van der Waals surface area contributed by atoms with E-state index in [0.29, 0.717) is 25.0 Å². The number of carbonyl (C=O) groups excluding carboxylic acids is 1. The number of nitrogens with one attached hydrogen (secondary N) is 1. The Morgan fingerprint density at radius 2 is 2.15 bits per heavy atom. The molecule has 0 unspecified atom stereocenters. The second kappa shape index (κ2) is 5.20. The molecular formula is C14H17N3O3. The summed E-state index contributed by atoms with van der Waals surface area (Å²) < 4.78 is 0. The molecule has 1 aromatic carbocycles. The Balaban J connectivity index is 1.81. The molecular weight excluding hydrogens is 258 g/mol. The van der Waals surface area contributed by atoms with Crippen LogP contribution in [0.4, 0.5) is 5.69 Å². The molecule has 6 nitrogen and oxygen atoms in total. The van der Waals surface area contributed by atoms with Crippen LogP contribution in [0.2, 0.25) is 0 Å². The summed E-state index contributed by atoms with van der Waals surface area (Å²) in [7, 11) is 0. The molecule has 2 saturated heterocycles. The van der Waals surface area contributed by atoms with Crippen molar-refractivity contribution in [3.05, 3.63) is 39.9 Å². The van der Waals surface area contributed by atoms with Gasteiger partial charge >= 0.3 is 0 Å². The third kappa shape index (κ3) is 2.27. The SMILES string of the molecule is O=C(c1ccccc1[N+](=O)[O-])N1C[C@@H]2CCCN[C@@H]2C1. The van der Waals surface area contributed by atoms with Crippen molar-refractivity contribution in [3.63, 3.8) is 0 Å². The van der Waals surface area contributed by atoms with Gasteiger partial charge < -0.3 is 10.2 Å². The fourth-order valence-corrected chi connectivity index (χ4v) is 3.20. The van der Waals surface area contributed by atoms with Crippen molar-refractivity contribution in [2.45, 2.75) is 18.9 Å². The van der Waals surface area contributed by atoms with E-state index in [1.165, 1.54) is 12.1 Å². The highest BCUT2D eigenvalue weighted by molar-refractivity contribution is 5.98. The van der Waals surface area contributed by atoms with Crippen molar-refractivity contribution in [2.75, 3.05) is 19.6 Å². The van der Waals surface area contributed by atoms with Crippen LogP contribution < -0.4 is 5.32 Å². The molecule has 6 heteroatoms. The van der Waals surface area contributed by atoms with Gasteiger partial charge in [0.05, 0.1) is 4.92 Å². The molecule has 2 fully saturated rings. The summed E-state index contributed by atoms with van der Waals surface area (Å²) in [6.45, 7) is 2.34. The molecule has 106 valence electrons. The number of para-hydroxylation sites is 1. The van der Waals surface area contributed by atoms with Gasteiger partial charge in [0.25, 0.3) is 11.6 Å². The Morgan fingerprint density at radius 3 is 2.90 bits per heavy atom. The summed E-state index contributed by atoms with van der Waals surface area (Å²) in [5.41, 5.74) is 0.0801. The van der Waals surface area contributed by atoms with E-state index in [9.17, 15) is 14.9 Å². The smallest absolute Gasteiger partial charge is 0.282 e. The number of carbonyl (C=O) groups is 1. The first-order chi connectivity index (χ1) is 9.66. The number of nitro benzene ring substituents is 1. The van der Waals surface area contributed by atoms with Gasteiger partial charge in [-0.25, -0.2) is 0 Å². The second-order valence-corrected chi connectivity index (χ2v) is 5.45. The normalized spacial score (nSPS) is 25.3. The first kappa shape index (κ1) is 13.1. The third-order valence-corrected chi connectivity index (χ3v) is 4.22. The highest BCUT2D eigenvalue weighted by atomic mass is 16.6. The topological polar surface area (TPSA) is 75.5 Å². The van der Waals surface area contributed by atoms with Gasteiger partial charge in [-0.15, -0.1) is 0 Å². The summed E-state index contributed by atoms with van der Waals surface area (Å²) in [5.74, 6) is 0.254. The first-order valence-corrected chi connectivity index (χ1v) is 6.93. The molecule has 1 aromatic rings. The molecule has 0 aliphatic carbocycles. The van der Waals surface area contributed by atoms with Crippen molar-refractivity contribution in [3.8, 4) is 0 Å². The number of fused-ring (bicyclic) bond motifs is 1. The Kier molecular flexibility index (Phi) is 3.40. The van der Waals surface area contributed by atoms with Crippen molar-refractivity contribution in [2.24, 2.45) is 5.92 Å². The quantitative estimate of drug-likeness (QED) is 0.654. The van der Waals surface area contributed by atoms with Crippen LogP contribution in [-0.2, 0) is 0 Å². The second-order valence-electron chi connectivity index (χ2n) is 5.45. The molecule has 0 radical (unpaired) electrons. The largest absolute Gasteiger partial charge is 0.337 e. The Labute approximate surface area is 116 Å². The highest BCUT2D eigenvalue weighted by Gasteiger charge is 2.37. The maximum Gasteiger partial charge on any atom is 0.282 e. The van der Waals surface area contributed by atoms with E-state index in [2.05, 4.69) is 5.32 Å². The van der Waals surface area contributed by atoms with Gasteiger partial charge in [0.2, 0.25) is 0 Å². The maximum atomic E-state index is 12.5. The zero-order chi connectivity index (χ0) is 14.1. The Bertz CT molecular complexity index is 532. The Morgan fingerprint density at radius 1 is 1.35 bits per heavy atom. The monoisotopic (exact) mass is 275 g/mol. The van der Waals surface area contributed by atoms with Crippen LogP contribution >= 0.6 is 0 Å². The van der Waals surface area contributed by atoms with Crippen molar-refractivity contribution in [1.82, 2.24) is 10.2 Å². The summed E-state index contributed by atoms with van der Waals surface area (Å²) in [5, 5.41) is 14.4. The van der Waals surface area contributed by atoms with Crippen molar-refractivity contribution < 1.29 is 9.72 Å². The molecule has 1 amide bonds. The number of nitrogens with zero attached hydrogens (tertiary/aromatic N) is 2. The predicted molar refractivity (Wildman–Crippen MR) is 73.5 cm³/mol. The van der Waals surface area contributed by atoms with Gasteiger partial charge in [0, 0.05) is 25.2 Å². The summed E-state index contributed by atoms with van der Waals surface area (Å²) in [4.78, 5) is 24.8. The molecule has 0 spiro atoms. The molecule has 1 N–H and O–H groups in total. The van der Waals surface area contributed by atoms with Crippen LogP contribution in [0.3, 0.4) is 0 Å². The standard InChI is InChI=1S/C14H17N3O3/c18-14(11-5-1-2-6-13(11)17(19)20)16-8-10-4-3-7-15-12(10)9-16/h1-2,5-6,10,12,15H,3-4,7-9H2/t10-,12+/m0/s1. The van der Waals surface area contributed by atoms with Gasteiger partial charge in [0.15, 0.2) is 0 Å². The van der Waals surface area contributed by atoms with Gasteiger partial charge in [-0.05, 0) is 31.4 Å². The van der Waals surface area contributed by atoms with Crippen LogP contribution in [0.1, 0.15) is 23.2 Å². The summed E-state index contributed by atoms with van der Waals surface area (Å²) in [6, 6.07) is 6.52. The average molecular weight is 275 g/mol. The lowest BCUT2D eigenvalue weighted by Crippen LogP contribution is -2.41. The minimum absolute atomic E-state index is 0.111.